The molecule has 0 aromatic carbocycles. The summed E-state index contributed by atoms with van der Waals surface area (Å²) in [4.78, 5) is 7.87. The minimum atomic E-state index is -1.18. The van der Waals surface area contributed by atoms with Gasteiger partial charge < -0.3 is 0 Å². The van der Waals surface area contributed by atoms with Gasteiger partial charge in [-0.25, -0.2) is 0 Å². The van der Waals surface area contributed by atoms with E-state index in [4.69, 9.17) is 10.4 Å². The normalized spacial score (nSPS) is 15.8. The molecule has 0 radical (unpaired) electrons. The van der Waals surface area contributed by atoms with E-state index in [1.165, 1.54) is 0 Å². The third-order valence-corrected chi connectivity index (χ3v) is 0. The van der Waals surface area contributed by atoms with Crippen LogP contribution in [0.5, 0.6) is 0 Å². The zero-order valence-electron chi connectivity index (χ0n) is 1.92. The van der Waals surface area contributed by atoms with Crippen LogP contribution in [0.1, 0.15) is 0 Å². The molecule has 4 heavy (non-hydrogen) atoms. The SMILES string of the molecule is NP(O)[SeH]. The number of nitrogens with two attached hydrogens (primary N) is 1. The molecule has 1 unspecified atom stereocenters. The summed E-state index contributed by atoms with van der Waals surface area (Å²) in [7, 11) is 0. The van der Waals surface area contributed by atoms with E-state index in [9.17, 15) is 0 Å². The molecule has 4 heteroatoms. The first-order valence-electron chi connectivity index (χ1n) is 0.658. The second-order valence-corrected chi connectivity index (χ2v) is 3.54. The number of rotatable bonds is 0. The zero-order chi connectivity index (χ0) is 3.58. The summed E-state index contributed by atoms with van der Waals surface area (Å²) >= 11 is 1.93. The molecule has 1 atom stereocenters. The summed E-state index contributed by atoms with van der Waals surface area (Å²) in [5, 5.41) is 0. The van der Waals surface area contributed by atoms with E-state index >= 15 is 0 Å². The Morgan fingerprint density at radius 2 is 2.00 bits per heavy atom. The van der Waals surface area contributed by atoms with E-state index in [1.54, 1.807) is 0 Å². The number of hydrogen-bond acceptors (Lipinski definition) is 2. The van der Waals surface area contributed by atoms with Crippen molar-refractivity contribution in [1.29, 1.82) is 0 Å². The van der Waals surface area contributed by atoms with Crippen molar-refractivity contribution in [2.24, 2.45) is 5.50 Å². The maximum absolute atomic E-state index is 7.87. The van der Waals surface area contributed by atoms with Gasteiger partial charge >= 0.3 is 33.0 Å². The molecule has 0 aliphatic carbocycles. The Labute approximate surface area is 33.7 Å². The molecule has 0 spiro atoms. The Kier molecular flexibility index (Phi) is 2.59. The zero-order valence-corrected chi connectivity index (χ0v) is 4.69. The molecule has 26 valence electrons. The van der Waals surface area contributed by atoms with Crippen LogP contribution < -0.4 is 5.50 Å². The van der Waals surface area contributed by atoms with Crippen molar-refractivity contribution in [1.82, 2.24) is 0 Å². The Balaban J connectivity index is 2.32. The predicted molar refractivity (Wildman–Crippen MR) is 20.5 cm³/mol. The topological polar surface area (TPSA) is 46.2 Å². The van der Waals surface area contributed by atoms with Gasteiger partial charge in [0.2, 0.25) is 0 Å². The molecule has 2 nitrogen and oxygen atoms in total. The van der Waals surface area contributed by atoms with Crippen molar-refractivity contribution in [3.8, 4) is 0 Å². The molecule has 0 aliphatic heterocycles. The quantitative estimate of drug-likeness (QED) is 0.340. The van der Waals surface area contributed by atoms with Gasteiger partial charge in [-0.2, -0.15) is 0 Å². The second-order valence-electron chi connectivity index (χ2n) is 0.320. The van der Waals surface area contributed by atoms with Crippen LogP contribution in [0.2, 0.25) is 0 Å². The van der Waals surface area contributed by atoms with E-state index < -0.39 is 6.99 Å². The molecule has 0 fully saturated rings. The number of hydrogen-bond donors (Lipinski definition) is 2. The van der Waals surface area contributed by atoms with Gasteiger partial charge in [0.1, 0.15) is 0 Å². The first-order valence-corrected chi connectivity index (χ1v) is 4.49. The summed E-state index contributed by atoms with van der Waals surface area (Å²) in [6.45, 7) is -1.18. The van der Waals surface area contributed by atoms with Crippen LogP contribution in [-0.2, 0) is 0 Å². The van der Waals surface area contributed by atoms with Crippen LogP contribution in [0.15, 0.2) is 0 Å². The fourth-order valence-corrected chi connectivity index (χ4v) is 0. The summed E-state index contributed by atoms with van der Waals surface area (Å²) in [6, 6.07) is 0. The molecular weight excluding hydrogens is 140 g/mol. The molecule has 0 aliphatic rings. The van der Waals surface area contributed by atoms with E-state index in [2.05, 4.69) is 0 Å². The summed E-state index contributed by atoms with van der Waals surface area (Å²) < 4.78 is 0. The van der Waals surface area contributed by atoms with Crippen LogP contribution in [0, 0.1) is 0 Å². The average molecular weight is 144 g/mol. The van der Waals surface area contributed by atoms with Crippen molar-refractivity contribution in [3.05, 3.63) is 0 Å². The fraction of sp³-hybridized carbons (Fsp3) is 0. The molecule has 0 amide bonds. The van der Waals surface area contributed by atoms with E-state index in [-0.39, 0.29) is 0 Å². The van der Waals surface area contributed by atoms with Crippen molar-refractivity contribution in [2.45, 2.75) is 0 Å². The van der Waals surface area contributed by atoms with Crippen molar-refractivity contribution in [3.63, 3.8) is 0 Å². The van der Waals surface area contributed by atoms with Gasteiger partial charge in [0, 0.05) is 0 Å². The molecule has 0 saturated heterocycles. The van der Waals surface area contributed by atoms with Crippen molar-refractivity contribution < 1.29 is 4.89 Å². The summed E-state index contributed by atoms with van der Waals surface area (Å²) in [5.74, 6) is 0. The van der Waals surface area contributed by atoms with Crippen LogP contribution in [0.4, 0.5) is 0 Å². The van der Waals surface area contributed by atoms with Crippen LogP contribution in [0.25, 0.3) is 0 Å². The summed E-state index contributed by atoms with van der Waals surface area (Å²) in [6.07, 6.45) is 0. The molecule has 0 rings (SSSR count). The third kappa shape index (κ3) is 13.3. The minimum absolute atomic E-state index is 1.18. The third-order valence-electron chi connectivity index (χ3n) is 0. The molecular formula is H4NOPSe. The van der Waals surface area contributed by atoms with Gasteiger partial charge in [-0.05, 0) is 0 Å². The van der Waals surface area contributed by atoms with Gasteiger partial charge in [-0.3, -0.25) is 0 Å². The summed E-state index contributed by atoms with van der Waals surface area (Å²) in [5.41, 5.74) is 4.70. The molecule has 0 aromatic rings. The van der Waals surface area contributed by atoms with Crippen molar-refractivity contribution in [2.75, 3.05) is 0 Å². The van der Waals surface area contributed by atoms with Crippen LogP contribution in [0.3, 0.4) is 0 Å². The fourth-order valence-electron chi connectivity index (χ4n) is 0. The Morgan fingerprint density at radius 3 is 2.00 bits per heavy atom. The van der Waals surface area contributed by atoms with Gasteiger partial charge in [-0.15, -0.1) is 0 Å². The first kappa shape index (κ1) is 4.87. The first-order chi connectivity index (χ1) is 1.73. The predicted octanol–water partition coefficient (Wildman–Crippen LogP) is -0.935. The maximum atomic E-state index is 7.87. The van der Waals surface area contributed by atoms with E-state index in [0.29, 0.717) is 0 Å². The standard InChI is InChI=1S/H4NOPSe/c1-3(2)4/h2,4H,1H2. The Morgan fingerprint density at radius 1 is 2.00 bits per heavy atom. The van der Waals surface area contributed by atoms with Gasteiger partial charge in [-0.1, -0.05) is 0 Å². The molecule has 0 bridgehead atoms. The molecule has 0 saturated carbocycles. The molecule has 0 heterocycles. The molecule has 0 aromatic heterocycles. The average Bonchev–Trinajstić information content (AvgIpc) is 0.811. The Hall–Kier alpha value is 0.869. The van der Waals surface area contributed by atoms with Gasteiger partial charge in [0.15, 0.2) is 0 Å². The van der Waals surface area contributed by atoms with Gasteiger partial charge in [0.25, 0.3) is 0 Å². The van der Waals surface area contributed by atoms with Gasteiger partial charge in [0.05, 0.1) is 0 Å². The second kappa shape index (κ2) is 2.13. The Bertz CT molecular complexity index is 12.8. The molecule has 3 N–H and O–H groups in total. The van der Waals surface area contributed by atoms with Crippen molar-refractivity contribution >= 4 is 22.6 Å². The monoisotopic (exact) mass is 145 g/mol. The van der Waals surface area contributed by atoms with E-state index in [0.717, 1.165) is 0 Å². The van der Waals surface area contributed by atoms with Crippen LogP contribution in [-0.4, -0.2) is 20.5 Å². The van der Waals surface area contributed by atoms with Crippen LogP contribution >= 0.6 is 6.99 Å². The van der Waals surface area contributed by atoms with E-state index in [1.807, 2.05) is 15.6 Å².